The molecule has 0 amide bonds. The Morgan fingerprint density at radius 1 is 1.40 bits per heavy atom. The monoisotopic (exact) mass is 220 g/mol. The van der Waals surface area contributed by atoms with Crippen molar-refractivity contribution in [3.8, 4) is 0 Å². The molecule has 15 heavy (non-hydrogen) atoms. The van der Waals surface area contributed by atoms with Gasteiger partial charge >= 0.3 is 0 Å². The molecule has 0 atom stereocenters. The second-order valence-electron chi connectivity index (χ2n) is 3.12. The average Bonchev–Trinajstić information content (AvgIpc) is 2.16. The predicted octanol–water partition coefficient (Wildman–Crippen LogP) is 0.782. The van der Waals surface area contributed by atoms with E-state index in [4.69, 9.17) is 20.4 Å². The molecule has 6 nitrogen and oxygen atoms in total. The fraction of sp³-hybridized carbons (Fsp3) is 0.778. The van der Waals surface area contributed by atoms with Crippen LogP contribution in [-0.4, -0.2) is 47.5 Å². The van der Waals surface area contributed by atoms with E-state index in [0.29, 0.717) is 0 Å². The highest BCUT2D eigenvalue weighted by molar-refractivity contribution is 4.65. The van der Waals surface area contributed by atoms with E-state index in [2.05, 4.69) is 20.4 Å². The first kappa shape index (κ1) is 16.3. The molecule has 0 aromatic heterocycles. The summed E-state index contributed by atoms with van der Waals surface area (Å²) in [4.78, 5) is 8.25. The maximum atomic E-state index is 8.84. The molecule has 0 aromatic carbocycles. The number of aliphatic hydroxyl groups excluding tert-OH is 1. The van der Waals surface area contributed by atoms with E-state index >= 15 is 0 Å². The molecule has 0 unspecified atom stereocenters. The van der Waals surface area contributed by atoms with Gasteiger partial charge < -0.3 is 24.9 Å². The summed E-state index contributed by atoms with van der Waals surface area (Å²) < 4.78 is 0.958. The van der Waals surface area contributed by atoms with Gasteiger partial charge in [0.05, 0.1) is 31.3 Å². The lowest BCUT2D eigenvalue weighted by atomic mass is 10.3. The maximum Gasteiger partial charge on any atom is 0.102 e. The molecular formula is C9H20N2O4. The lowest BCUT2D eigenvalue weighted by Gasteiger charge is -2.35. The molecule has 0 saturated heterocycles. The molecule has 0 spiro atoms. The van der Waals surface area contributed by atoms with Crippen molar-refractivity contribution in [3.63, 3.8) is 0 Å². The van der Waals surface area contributed by atoms with E-state index in [1.54, 1.807) is 0 Å². The lowest BCUT2D eigenvalue weighted by molar-refractivity contribution is -0.919. The normalized spacial score (nSPS) is 10.1. The van der Waals surface area contributed by atoms with Crippen LogP contribution in [0.25, 0.3) is 0 Å². The van der Waals surface area contributed by atoms with E-state index in [1.165, 1.54) is 0 Å². The Morgan fingerprint density at radius 3 is 2.00 bits per heavy atom. The minimum absolute atomic E-state index is 0.273. The van der Waals surface area contributed by atoms with Crippen LogP contribution in [0.2, 0.25) is 0 Å². The third-order valence-corrected chi connectivity index (χ3v) is 2.43. The largest absolute Gasteiger partial charge is 0.391 e. The molecular weight excluding hydrogens is 200 g/mol. The summed E-state index contributed by atoms with van der Waals surface area (Å²) in [6.45, 7) is 12.3. The van der Waals surface area contributed by atoms with Crippen molar-refractivity contribution in [2.24, 2.45) is 0 Å². The number of quaternary nitrogens is 1. The van der Waals surface area contributed by atoms with Crippen molar-refractivity contribution < 1.29 is 14.7 Å². The molecule has 0 fully saturated rings. The molecule has 0 aliphatic carbocycles. The van der Waals surface area contributed by atoms with Crippen LogP contribution in [0.5, 0.6) is 0 Å². The first-order valence-electron chi connectivity index (χ1n) is 4.86. The summed E-state index contributed by atoms with van der Waals surface area (Å²) >= 11 is 0. The summed E-state index contributed by atoms with van der Waals surface area (Å²) in [5.41, 5.74) is 0. The summed E-state index contributed by atoms with van der Waals surface area (Å²) in [5.74, 6) is 0. The molecule has 0 heterocycles. The number of nitrogens with zero attached hydrogens (tertiary/aromatic N) is 2. The van der Waals surface area contributed by atoms with E-state index in [0.717, 1.165) is 30.7 Å². The highest BCUT2D eigenvalue weighted by atomic mass is 16.9. The Labute approximate surface area is 90.1 Å². The van der Waals surface area contributed by atoms with Gasteiger partial charge in [-0.1, -0.05) is 6.58 Å². The van der Waals surface area contributed by atoms with Gasteiger partial charge in [0.25, 0.3) is 0 Å². The van der Waals surface area contributed by atoms with Gasteiger partial charge in [-0.05, 0) is 19.9 Å². The van der Waals surface area contributed by atoms with Gasteiger partial charge in [0.1, 0.15) is 6.54 Å². The van der Waals surface area contributed by atoms with Crippen LogP contribution in [0, 0.1) is 15.3 Å². The fourth-order valence-corrected chi connectivity index (χ4v) is 1.38. The van der Waals surface area contributed by atoms with Gasteiger partial charge in [-0.15, -0.1) is 0 Å². The van der Waals surface area contributed by atoms with E-state index < -0.39 is 5.09 Å². The van der Waals surface area contributed by atoms with Crippen molar-refractivity contribution in [2.75, 3.05) is 32.8 Å². The second kappa shape index (κ2) is 9.42. The summed E-state index contributed by atoms with van der Waals surface area (Å²) in [6, 6.07) is 0. The molecule has 0 aromatic rings. The van der Waals surface area contributed by atoms with Crippen molar-refractivity contribution in [1.82, 2.24) is 0 Å². The van der Waals surface area contributed by atoms with Crippen LogP contribution in [0.4, 0.5) is 0 Å². The summed E-state index contributed by atoms with van der Waals surface area (Å²) in [6.07, 6.45) is 1.93. The van der Waals surface area contributed by atoms with Crippen LogP contribution >= 0.6 is 0 Å². The Morgan fingerprint density at radius 2 is 1.80 bits per heavy atom. The van der Waals surface area contributed by atoms with Gasteiger partial charge in [-0.3, -0.25) is 0 Å². The van der Waals surface area contributed by atoms with Crippen LogP contribution in [0.1, 0.15) is 13.8 Å². The Balaban J connectivity index is 0. The molecule has 0 saturated carbocycles. The topological polar surface area (TPSA) is 86.4 Å². The number of hydrogen-bond acceptors (Lipinski definition) is 4. The molecule has 0 rings (SSSR count). The summed E-state index contributed by atoms with van der Waals surface area (Å²) in [7, 11) is 0. The quantitative estimate of drug-likeness (QED) is 0.310. The van der Waals surface area contributed by atoms with Gasteiger partial charge in [-0.25, -0.2) is 0 Å². The molecule has 1 N–H and O–H groups in total. The molecule has 90 valence electrons. The zero-order valence-electron chi connectivity index (χ0n) is 9.39. The van der Waals surface area contributed by atoms with Crippen molar-refractivity contribution in [2.45, 2.75) is 13.8 Å². The molecule has 0 bridgehead atoms. The predicted molar refractivity (Wildman–Crippen MR) is 58.7 cm³/mol. The lowest BCUT2D eigenvalue weighted by Crippen LogP contribution is -2.49. The van der Waals surface area contributed by atoms with E-state index in [1.807, 2.05) is 6.08 Å². The van der Waals surface area contributed by atoms with E-state index in [-0.39, 0.29) is 6.61 Å². The standard InChI is InChI=1S/C9H20NO.NO3/c1-4-7-10(5-2,6-3)8-9-11;2-1(3)4/h4,11H,1,5-9H2,2-3H3;/q+1;-1. The number of aliphatic hydroxyl groups is 1. The smallest absolute Gasteiger partial charge is 0.102 e. The Bertz CT molecular complexity index is 177. The molecule has 0 radical (unpaired) electrons. The molecule has 0 aliphatic rings. The van der Waals surface area contributed by atoms with Gasteiger partial charge in [0.2, 0.25) is 0 Å². The average molecular weight is 220 g/mol. The third-order valence-electron chi connectivity index (χ3n) is 2.43. The third kappa shape index (κ3) is 9.17. The zero-order valence-corrected chi connectivity index (χ0v) is 9.39. The van der Waals surface area contributed by atoms with Crippen molar-refractivity contribution >= 4 is 0 Å². The van der Waals surface area contributed by atoms with Crippen molar-refractivity contribution in [1.29, 1.82) is 0 Å². The summed E-state index contributed by atoms with van der Waals surface area (Å²) in [5, 5.41) is 23.6. The Kier molecular flexibility index (Phi) is 10.2. The maximum absolute atomic E-state index is 8.84. The Hall–Kier alpha value is -1.14. The number of likely N-dealkylation sites (N-methyl/N-ethyl adjacent to an activating group) is 1. The van der Waals surface area contributed by atoms with Crippen LogP contribution in [0.15, 0.2) is 12.7 Å². The number of hydrogen-bond donors (Lipinski definition) is 1. The molecule has 0 aliphatic heterocycles. The first-order valence-corrected chi connectivity index (χ1v) is 4.86. The zero-order chi connectivity index (χ0) is 12.3. The van der Waals surface area contributed by atoms with Gasteiger partial charge in [0, 0.05) is 0 Å². The van der Waals surface area contributed by atoms with Gasteiger partial charge in [-0.2, -0.15) is 0 Å². The minimum Gasteiger partial charge on any atom is -0.391 e. The number of rotatable bonds is 6. The highest BCUT2D eigenvalue weighted by Gasteiger charge is 2.19. The van der Waals surface area contributed by atoms with Crippen LogP contribution < -0.4 is 0 Å². The SMILES string of the molecule is C=CC[N+](CC)(CC)CCO.O=[N+]([O-])[O-]. The van der Waals surface area contributed by atoms with Crippen molar-refractivity contribution in [3.05, 3.63) is 28.0 Å². The first-order chi connectivity index (χ1) is 6.97. The van der Waals surface area contributed by atoms with E-state index in [9.17, 15) is 0 Å². The second-order valence-corrected chi connectivity index (χ2v) is 3.12. The fourth-order valence-electron chi connectivity index (χ4n) is 1.38. The van der Waals surface area contributed by atoms with Crippen LogP contribution in [0.3, 0.4) is 0 Å². The highest BCUT2D eigenvalue weighted by Crippen LogP contribution is 2.04. The van der Waals surface area contributed by atoms with Gasteiger partial charge in [0.15, 0.2) is 0 Å². The minimum atomic E-state index is -1.75. The molecule has 6 heteroatoms. The van der Waals surface area contributed by atoms with Crippen LogP contribution in [-0.2, 0) is 0 Å².